The Morgan fingerprint density at radius 1 is 1.29 bits per heavy atom. The first kappa shape index (κ1) is 14.2. The van der Waals surface area contributed by atoms with Crippen molar-refractivity contribution in [3.05, 3.63) is 47.1 Å². The number of aryl methyl sites for hydroxylation is 1. The highest BCUT2D eigenvalue weighted by Crippen LogP contribution is 2.26. The molecule has 0 amide bonds. The smallest absolute Gasteiger partial charge is 0.181 e. The van der Waals surface area contributed by atoms with Gasteiger partial charge in [-0.15, -0.1) is 23.1 Å². The summed E-state index contributed by atoms with van der Waals surface area (Å²) < 4.78 is 1.34. The fraction of sp³-hybridized carbons (Fsp3) is 0.200. The third kappa shape index (κ3) is 3.46. The van der Waals surface area contributed by atoms with E-state index < -0.39 is 0 Å². The second-order valence-electron chi connectivity index (χ2n) is 4.60. The van der Waals surface area contributed by atoms with Crippen LogP contribution in [0, 0.1) is 6.92 Å². The number of nitrogens with zero attached hydrogens (tertiary/aromatic N) is 2. The van der Waals surface area contributed by atoms with Crippen molar-refractivity contribution in [2.75, 3.05) is 11.6 Å². The predicted octanol–water partition coefficient (Wildman–Crippen LogP) is 4.18. The van der Waals surface area contributed by atoms with Crippen molar-refractivity contribution in [3.63, 3.8) is 0 Å². The van der Waals surface area contributed by atoms with Gasteiger partial charge in [-0.2, -0.15) is 5.10 Å². The lowest BCUT2D eigenvalue weighted by Crippen LogP contribution is -1.97. The number of hydrogen-bond donors (Lipinski definition) is 2. The van der Waals surface area contributed by atoms with Crippen LogP contribution < -0.4 is 5.32 Å². The second-order valence-corrected chi connectivity index (χ2v) is 6.88. The van der Waals surface area contributed by atoms with E-state index in [1.807, 2.05) is 30.4 Å². The lowest BCUT2D eigenvalue weighted by Gasteiger charge is -2.06. The van der Waals surface area contributed by atoms with Crippen molar-refractivity contribution >= 4 is 28.8 Å². The minimum atomic E-state index is 0.733. The summed E-state index contributed by atoms with van der Waals surface area (Å²) in [6.45, 7) is 2.74. The van der Waals surface area contributed by atoms with Crippen molar-refractivity contribution in [3.8, 4) is 11.4 Å². The number of benzene rings is 1. The van der Waals surface area contributed by atoms with E-state index in [1.54, 1.807) is 11.8 Å². The molecule has 0 saturated carbocycles. The Hall–Kier alpha value is -1.79. The lowest BCUT2D eigenvalue weighted by molar-refractivity contribution is 1.04. The molecular weight excluding hydrogens is 300 g/mol. The standard InChI is InChI=1S/C15H16N4S2/c1-10-17-15(19-18-10)11-4-3-5-12(8-11)16-9-13-6-7-14(20-2)21-13/h3-8,16H,9H2,1-2H3,(H,17,18,19). The normalized spacial score (nSPS) is 10.8. The average molecular weight is 316 g/mol. The van der Waals surface area contributed by atoms with Crippen LogP contribution in [0.1, 0.15) is 10.7 Å². The Labute approximate surface area is 132 Å². The van der Waals surface area contributed by atoms with Crippen molar-refractivity contribution in [2.24, 2.45) is 0 Å². The molecule has 108 valence electrons. The van der Waals surface area contributed by atoms with Gasteiger partial charge in [-0.25, -0.2) is 4.98 Å². The maximum absolute atomic E-state index is 4.36. The molecule has 0 saturated heterocycles. The first-order chi connectivity index (χ1) is 10.2. The second kappa shape index (κ2) is 6.32. The van der Waals surface area contributed by atoms with Crippen LogP contribution in [0.15, 0.2) is 40.6 Å². The predicted molar refractivity (Wildman–Crippen MR) is 90.0 cm³/mol. The van der Waals surface area contributed by atoms with Gasteiger partial charge >= 0.3 is 0 Å². The Morgan fingerprint density at radius 2 is 2.19 bits per heavy atom. The molecule has 0 bridgehead atoms. The number of H-pyrrole nitrogens is 1. The maximum Gasteiger partial charge on any atom is 0.181 e. The minimum Gasteiger partial charge on any atom is -0.380 e. The average Bonchev–Trinajstić information content (AvgIpc) is 3.14. The largest absolute Gasteiger partial charge is 0.380 e. The van der Waals surface area contributed by atoms with E-state index in [-0.39, 0.29) is 0 Å². The summed E-state index contributed by atoms with van der Waals surface area (Å²) in [5.41, 5.74) is 2.09. The summed E-state index contributed by atoms with van der Waals surface area (Å²) in [4.78, 5) is 5.69. The molecule has 0 unspecified atom stereocenters. The highest BCUT2D eigenvalue weighted by atomic mass is 32.2. The van der Waals surface area contributed by atoms with Gasteiger partial charge in [0.1, 0.15) is 5.82 Å². The van der Waals surface area contributed by atoms with E-state index in [9.17, 15) is 0 Å². The summed E-state index contributed by atoms with van der Waals surface area (Å²) in [5, 5.41) is 10.5. The number of anilines is 1. The lowest BCUT2D eigenvalue weighted by atomic mass is 10.2. The molecule has 0 radical (unpaired) electrons. The van der Waals surface area contributed by atoms with Crippen LogP contribution in [0.5, 0.6) is 0 Å². The van der Waals surface area contributed by atoms with E-state index in [2.05, 4.69) is 51.0 Å². The van der Waals surface area contributed by atoms with E-state index in [1.165, 1.54) is 9.09 Å². The molecule has 1 aromatic carbocycles. The van der Waals surface area contributed by atoms with Gasteiger partial charge in [-0.05, 0) is 37.4 Å². The van der Waals surface area contributed by atoms with Crippen LogP contribution in [0.4, 0.5) is 5.69 Å². The van der Waals surface area contributed by atoms with Crippen LogP contribution in [-0.2, 0) is 6.54 Å². The zero-order chi connectivity index (χ0) is 14.7. The molecule has 4 nitrogen and oxygen atoms in total. The van der Waals surface area contributed by atoms with Crippen molar-refractivity contribution in [2.45, 2.75) is 17.7 Å². The molecule has 21 heavy (non-hydrogen) atoms. The molecule has 0 atom stereocenters. The van der Waals surface area contributed by atoms with E-state index in [0.717, 1.165) is 29.4 Å². The van der Waals surface area contributed by atoms with E-state index >= 15 is 0 Å². The zero-order valence-electron chi connectivity index (χ0n) is 11.9. The molecule has 2 N–H and O–H groups in total. The zero-order valence-corrected chi connectivity index (χ0v) is 13.5. The molecule has 2 aromatic heterocycles. The van der Waals surface area contributed by atoms with Crippen LogP contribution in [0.25, 0.3) is 11.4 Å². The Kier molecular flexibility index (Phi) is 4.26. The molecule has 0 aliphatic carbocycles. The van der Waals surface area contributed by atoms with Crippen molar-refractivity contribution < 1.29 is 0 Å². The number of thioether (sulfide) groups is 1. The van der Waals surface area contributed by atoms with Crippen LogP contribution in [0.2, 0.25) is 0 Å². The van der Waals surface area contributed by atoms with Gasteiger partial charge in [0.05, 0.1) is 4.21 Å². The third-order valence-electron chi connectivity index (χ3n) is 3.02. The van der Waals surface area contributed by atoms with Gasteiger partial charge in [-0.3, -0.25) is 5.10 Å². The number of aromatic amines is 1. The SMILES string of the molecule is CSc1ccc(CNc2cccc(-c3n[nH]c(C)n3)c2)s1. The number of hydrogen-bond acceptors (Lipinski definition) is 5. The van der Waals surface area contributed by atoms with Gasteiger partial charge in [0.15, 0.2) is 5.82 Å². The van der Waals surface area contributed by atoms with Crippen LogP contribution in [0.3, 0.4) is 0 Å². The number of aromatic nitrogens is 3. The van der Waals surface area contributed by atoms with Gasteiger partial charge < -0.3 is 5.32 Å². The van der Waals surface area contributed by atoms with Crippen LogP contribution in [-0.4, -0.2) is 21.4 Å². The maximum atomic E-state index is 4.36. The van der Waals surface area contributed by atoms with Gasteiger partial charge in [0.2, 0.25) is 0 Å². The van der Waals surface area contributed by atoms with E-state index in [4.69, 9.17) is 0 Å². The summed E-state index contributed by atoms with van der Waals surface area (Å²) >= 11 is 3.61. The minimum absolute atomic E-state index is 0.733. The monoisotopic (exact) mass is 316 g/mol. The number of nitrogens with one attached hydrogen (secondary N) is 2. The molecule has 0 aliphatic rings. The third-order valence-corrected chi connectivity index (χ3v) is 5.19. The molecule has 0 fully saturated rings. The fourth-order valence-electron chi connectivity index (χ4n) is 1.99. The number of rotatable bonds is 5. The van der Waals surface area contributed by atoms with Crippen molar-refractivity contribution in [1.82, 2.24) is 15.2 Å². The Bertz CT molecular complexity index is 733. The molecule has 6 heteroatoms. The molecule has 3 aromatic rings. The molecule has 3 rings (SSSR count). The quantitative estimate of drug-likeness (QED) is 0.694. The summed E-state index contributed by atoms with van der Waals surface area (Å²) in [5.74, 6) is 1.56. The van der Waals surface area contributed by atoms with Gasteiger partial charge in [0.25, 0.3) is 0 Å². The van der Waals surface area contributed by atoms with Crippen molar-refractivity contribution in [1.29, 1.82) is 0 Å². The van der Waals surface area contributed by atoms with Gasteiger partial charge in [0, 0.05) is 22.7 Å². The Balaban J connectivity index is 1.71. The molecule has 2 heterocycles. The fourth-order valence-corrected chi connectivity index (χ4v) is 3.53. The summed E-state index contributed by atoms with van der Waals surface area (Å²) in [7, 11) is 0. The highest BCUT2D eigenvalue weighted by Gasteiger charge is 2.05. The Morgan fingerprint density at radius 3 is 2.90 bits per heavy atom. The molecular formula is C15H16N4S2. The van der Waals surface area contributed by atoms with Gasteiger partial charge in [-0.1, -0.05) is 12.1 Å². The molecule has 0 aliphatic heterocycles. The summed E-state index contributed by atoms with van der Waals surface area (Å²) in [6, 6.07) is 12.5. The first-order valence-corrected chi connectivity index (χ1v) is 8.65. The summed E-state index contributed by atoms with van der Waals surface area (Å²) in [6.07, 6.45) is 2.10. The number of thiophene rings is 1. The first-order valence-electron chi connectivity index (χ1n) is 6.60. The van der Waals surface area contributed by atoms with E-state index in [0.29, 0.717) is 0 Å². The topological polar surface area (TPSA) is 53.6 Å². The highest BCUT2D eigenvalue weighted by molar-refractivity contribution is 8.00. The van der Waals surface area contributed by atoms with Crippen LogP contribution >= 0.6 is 23.1 Å². The molecule has 0 spiro atoms.